The van der Waals surface area contributed by atoms with Crippen LogP contribution in [0.4, 0.5) is 13.2 Å². The summed E-state index contributed by atoms with van der Waals surface area (Å²) in [6.07, 6.45) is 4.23. The maximum Gasteiger partial charge on any atom is 0.471 e. The van der Waals surface area contributed by atoms with Crippen molar-refractivity contribution in [3.8, 4) is 17.1 Å². The van der Waals surface area contributed by atoms with Crippen LogP contribution in [-0.4, -0.2) is 21.9 Å². The van der Waals surface area contributed by atoms with Gasteiger partial charge < -0.3 is 13.8 Å². The van der Waals surface area contributed by atoms with Crippen LogP contribution in [0.2, 0.25) is 0 Å². The standard InChI is InChI=1S/C24H30F3N3O3/c1-16-13-19(22-28-23(33-30-22)24(25,26)27)14-17(2)21(16)31-12-10-8-6-4-5-7-9-11-20-15-18(3)29-32-20/h13-15H,4-12H2,1-3H3. The molecular formula is C24H30F3N3O3. The van der Waals surface area contributed by atoms with E-state index < -0.39 is 12.1 Å². The maximum absolute atomic E-state index is 12.7. The first-order valence-electron chi connectivity index (χ1n) is 11.3. The molecule has 0 aliphatic carbocycles. The van der Waals surface area contributed by atoms with Gasteiger partial charge in [0, 0.05) is 18.1 Å². The van der Waals surface area contributed by atoms with Gasteiger partial charge in [-0.25, -0.2) is 0 Å². The van der Waals surface area contributed by atoms with Crippen LogP contribution in [0.25, 0.3) is 11.4 Å². The Balaban J connectivity index is 1.34. The van der Waals surface area contributed by atoms with Crippen LogP contribution in [-0.2, 0) is 12.6 Å². The van der Waals surface area contributed by atoms with Crippen LogP contribution in [0.1, 0.15) is 73.4 Å². The summed E-state index contributed by atoms with van der Waals surface area (Å²) >= 11 is 0. The fourth-order valence-corrected chi connectivity index (χ4v) is 3.76. The molecule has 3 rings (SSSR count). The molecule has 0 saturated carbocycles. The molecule has 180 valence electrons. The Hall–Kier alpha value is -2.84. The van der Waals surface area contributed by atoms with Crippen molar-refractivity contribution in [2.75, 3.05) is 6.61 Å². The van der Waals surface area contributed by atoms with E-state index in [4.69, 9.17) is 9.26 Å². The quantitative estimate of drug-likeness (QED) is 0.268. The van der Waals surface area contributed by atoms with E-state index in [2.05, 4.69) is 19.8 Å². The van der Waals surface area contributed by atoms with Crippen molar-refractivity contribution in [3.05, 3.63) is 46.7 Å². The number of ether oxygens (including phenoxy) is 1. The van der Waals surface area contributed by atoms with Crippen LogP contribution in [0.3, 0.4) is 0 Å². The molecule has 33 heavy (non-hydrogen) atoms. The first-order chi connectivity index (χ1) is 15.7. The van der Waals surface area contributed by atoms with Crippen molar-refractivity contribution < 1.29 is 27.0 Å². The fourth-order valence-electron chi connectivity index (χ4n) is 3.76. The van der Waals surface area contributed by atoms with Gasteiger partial charge >= 0.3 is 12.1 Å². The number of benzene rings is 1. The Morgan fingerprint density at radius 1 is 0.818 bits per heavy atom. The Labute approximate surface area is 191 Å². The average Bonchev–Trinajstić information content (AvgIpc) is 3.40. The molecule has 9 heteroatoms. The van der Waals surface area contributed by atoms with Gasteiger partial charge in [0.25, 0.3) is 0 Å². The number of rotatable bonds is 12. The van der Waals surface area contributed by atoms with Crippen molar-refractivity contribution in [3.63, 3.8) is 0 Å². The molecule has 0 bridgehead atoms. The molecule has 0 saturated heterocycles. The second-order valence-electron chi connectivity index (χ2n) is 8.37. The third-order valence-electron chi connectivity index (χ3n) is 5.38. The van der Waals surface area contributed by atoms with E-state index in [1.807, 2.05) is 26.8 Å². The highest BCUT2D eigenvalue weighted by Crippen LogP contribution is 2.32. The molecule has 0 amide bonds. The number of alkyl halides is 3. The van der Waals surface area contributed by atoms with Crippen LogP contribution in [0, 0.1) is 20.8 Å². The minimum absolute atomic E-state index is 0.0870. The lowest BCUT2D eigenvalue weighted by molar-refractivity contribution is -0.159. The van der Waals surface area contributed by atoms with E-state index in [1.165, 1.54) is 25.7 Å². The zero-order chi connectivity index (χ0) is 23.8. The summed E-state index contributed by atoms with van der Waals surface area (Å²) in [4.78, 5) is 3.45. The van der Waals surface area contributed by atoms with Gasteiger partial charge in [0.1, 0.15) is 11.5 Å². The predicted octanol–water partition coefficient (Wildman–Crippen LogP) is 7.02. The van der Waals surface area contributed by atoms with Crippen LogP contribution in [0.15, 0.2) is 27.2 Å². The lowest BCUT2D eigenvalue weighted by Gasteiger charge is -2.13. The number of aromatic nitrogens is 3. The third-order valence-corrected chi connectivity index (χ3v) is 5.38. The number of halogens is 3. The number of unbranched alkanes of at least 4 members (excludes halogenated alkanes) is 6. The molecule has 0 radical (unpaired) electrons. The summed E-state index contributed by atoms with van der Waals surface area (Å²) in [5, 5.41) is 7.35. The maximum atomic E-state index is 12.7. The minimum atomic E-state index is -4.66. The summed E-state index contributed by atoms with van der Waals surface area (Å²) in [5.41, 5.74) is 3.05. The van der Waals surface area contributed by atoms with Gasteiger partial charge in [0.05, 0.1) is 12.3 Å². The molecule has 0 unspecified atom stereocenters. The molecule has 0 spiro atoms. The van der Waals surface area contributed by atoms with Gasteiger partial charge in [-0.05, 0) is 56.9 Å². The molecule has 0 aliphatic heterocycles. The van der Waals surface area contributed by atoms with E-state index in [-0.39, 0.29) is 5.82 Å². The minimum Gasteiger partial charge on any atom is -0.493 e. The summed E-state index contributed by atoms with van der Waals surface area (Å²) in [7, 11) is 0. The van der Waals surface area contributed by atoms with Crippen molar-refractivity contribution >= 4 is 0 Å². The highest BCUT2D eigenvalue weighted by Gasteiger charge is 2.38. The topological polar surface area (TPSA) is 74.2 Å². The molecular weight excluding hydrogens is 435 g/mol. The molecule has 2 aromatic heterocycles. The Kier molecular flexibility index (Phi) is 8.52. The lowest BCUT2D eigenvalue weighted by Crippen LogP contribution is -2.05. The van der Waals surface area contributed by atoms with E-state index in [1.54, 1.807) is 12.1 Å². The Morgan fingerprint density at radius 3 is 2.03 bits per heavy atom. The summed E-state index contributed by atoms with van der Waals surface area (Å²) < 4.78 is 53.6. The molecule has 2 heterocycles. The van der Waals surface area contributed by atoms with E-state index >= 15 is 0 Å². The third kappa shape index (κ3) is 7.33. The van der Waals surface area contributed by atoms with Gasteiger partial charge in [-0.3, -0.25) is 0 Å². The molecule has 3 aromatic rings. The number of hydrogen-bond donors (Lipinski definition) is 0. The summed E-state index contributed by atoms with van der Waals surface area (Å²) in [6.45, 7) is 6.25. The monoisotopic (exact) mass is 465 g/mol. The molecule has 6 nitrogen and oxygen atoms in total. The van der Waals surface area contributed by atoms with Crippen LogP contribution >= 0.6 is 0 Å². The van der Waals surface area contributed by atoms with Crippen molar-refractivity contribution in [1.29, 1.82) is 0 Å². The van der Waals surface area contributed by atoms with Gasteiger partial charge in [0.15, 0.2) is 0 Å². The number of aryl methyl sites for hydroxylation is 4. The van der Waals surface area contributed by atoms with E-state index in [0.717, 1.165) is 54.0 Å². The average molecular weight is 466 g/mol. The molecule has 0 N–H and O–H groups in total. The highest BCUT2D eigenvalue weighted by molar-refractivity contribution is 5.61. The van der Waals surface area contributed by atoms with Gasteiger partial charge in [-0.1, -0.05) is 42.4 Å². The number of nitrogens with zero attached hydrogens (tertiary/aromatic N) is 3. The largest absolute Gasteiger partial charge is 0.493 e. The van der Waals surface area contributed by atoms with Crippen molar-refractivity contribution in [1.82, 2.24) is 15.3 Å². The van der Waals surface area contributed by atoms with Gasteiger partial charge in [0.2, 0.25) is 5.82 Å². The zero-order valence-corrected chi connectivity index (χ0v) is 19.3. The van der Waals surface area contributed by atoms with Gasteiger partial charge in [-0.2, -0.15) is 18.2 Å². The number of hydrogen-bond acceptors (Lipinski definition) is 6. The van der Waals surface area contributed by atoms with Crippen molar-refractivity contribution in [2.24, 2.45) is 0 Å². The SMILES string of the molecule is Cc1cc(CCCCCCCCCOc2c(C)cc(-c3noc(C(F)(F)F)n3)cc2C)on1. The van der Waals surface area contributed by atoms with E-state index in [0.29, 0.717) is 12.2 Å². The zero-order valence-electron chi connectivity index (χ0n) is 19.3. The second kappa shape index (κ2) is 11.3. The normalized spacial score (nSPS) is 11.8. The smallest absolute Gasteiger partial charge is 0.471 e. The molecule has 0 fully saturated rings. The molecule has 0 atom stereocenters. The van der Waals surface area contributed by atoms with Crippen LogP contribution in [0.5, 0.6) is 5.75 Å². The lowest BCUT2D eigenvalue weighted by atomic mass is 10.1. The first kappa shape index (κ1) is 24.8. The predicted molar refractivity (Wildman–Crippen MR) is 117 cm³/mol. The van der Waals surface area contributed by atoms with Crippen molar-refractivity contribution in [2.45, 2.75) is 78.3 Å². The summed E-state index contributed by atoms with van der Waals surface area (Å²) in [5.74, 6) is 0.279. The van der Waals surface area contributed by atoms with E-state index in [9.17, 15) is 13.2 Å². The first-order valence-corrected chi connectivity index (χ1v) is 11.3. The Bertz CT molecular complexity index is 1000. The van der Waals surface area contributed by atoms with Gasteiger partial charge in [-0.15, -0.1) is 0 Å². The van der Waals surface area contributed by atoms with Crippen LogP contribution < -0.4 is 4.74 Å². The molecule has 0 aliphatic rings. The Morgan fingerprint density at radius 2 is 1.45 bits per heavy atom. The second-order valence-corrected chi connectivity index (χ2v) is 8.37. The summed E-state index contributed by atoms with van der Waals surface area (Å²) in [6, 6.07) is 5.42. The fraction of sp³-hybridized carbons (Fsp3) is 0.542. The highest BCUT2D eigenvalue weighted by atomic mass is 19.4. The molecule has 1 aromatic carbocycles.